The third-order valence-corrected chi connectivity index (χ3v) is 3.04. The molecule has 6 heteroatoms. The van der Waals surface area contributed by atoms with Crippen LogP contribution in [0.25, 0.3) is 11.0 Å². The van der Waals surface area contributed by atoms with E-state index in [0.717, 1.165) is 16.6 Å². The molecule has 0 amide bonds. The van der Waals surface area contributed by atoms with Gasteiger partial charge in [-0.3, -0.25) is 14.6 Å². The monoisotopic (exact) mass is 304 g/mol. The number of fused-ring (bicyclic) bond motifs is 1. The van der Waals surface area contributed by atoms with Crippen LogP contribution in [-0.4, -0.2) is 32.2 Å². The maximum atomic E-state index is 12.0. The maximum Gasteiger partial charge on any atom is 0.326 e. The molecule has 0 atom stereocenters. The summed E-state index contributed by atoms with van der Waals surface area (Å²) in [5, 5.41) is 8.83. The van der Waals surface area contributed by atoms with Crippen LogP contribution in [0.4, 0.5) is 0 Å². The quantitative estimate of drug-likeness (QED) is 0.858. The van der Waals surface area contributed by atoms with E-state index in [4.69, 9.17) is 9.84 Å². The lowest BCUT2D eigenvalue weighted by Crippen LogP contribution is -2.26. The van der Waals surface area contributed by atoms with E-state index in [9.17, 15) is 9.59 Å². The molecule has 22 heavy (non-hydrogen) atoms. The molecule has 118 valence electrons. The van der Waals surface area contributed by atoms with E-state index in [2.05, 4.69) is 4.98 Å². The topological polar surface area (TPSA) is 81.4 Å². The van der Waals surface area contributed by atoms with Crippen LogP contribution in [0, 0.1) is 0 Å². The van der Waals surface area contributed by atoms with Gasteiger partial charge in [0.15, 0.2) is 0 Å². The van der Waals surface area contributed by atoms with Gasteiger partial charge in [0, 0.05) is 18.8 Å². The van der Waals surface area contributed by atoms with Crippen molar-refractivity contribution in [1.82, 2.24) is 9.55 Å². The van der Waals surface area contributed by atoms with Crippen LogP contribution in [0.2, 0.25) is 0 Å². The Kier molecular flexibility index (Phi) is 4.49. The predicted molar refractivity (Wildman–Crippen MR) is 81.5 cm³/mol. The number of hydrogen-bond acceptors (Lipinski definition) is 4. The molecule has 0 spiro atoms. The van der Waals surface area contributed by atoms with E-state index in [1.165, 1.54) is 0 Å². The molecule has 0 radical (unpaired) electrons. The minimum absolute atomic E-state index is 0.0299. The highest BCUT2D eigenvalue weighted by molar-refractivity contribution is 5.82. The van der Waals surface area contributed by atoms with Gasteiger partial charge in [0.25, 0.3) is 0 Å². The van der Waals surface area contributed by atoms with Crippen molar-refractivity contribution in [2.45, 2.75) is 45.8 Å². The summed E-state index contributed by atoms with van der Waals surface area (Å²) in [5.41, 5.74) is 1.81. The summed E-state index contributed by atoms with van der Waals surface area (Å²) in [6, 6.07) is 3.64. The lowest BCUT2D eigenvalue weighted by Gasteiger charge is -2.19. The second kappa shape index (κ2) is 6.17. The van der Waals surface area contributed by atoms with Gasteiger partial charge >= 0.3 is 11.9 Å². The van der Waals surface area contributed by atoms with E-state index in [0.29, 0.717) is 6.42 Å². The van der Waals surface area contributed by atoms with Crippen LogP contribution in [0.1, 0.15) is 32.8 Å². The van der Waals surface area contributed by atoms with E-state index in [-0.39, 0.29) is 18.9 Å². The number of aliphatic carboxylic acids is 1. The maximum absolute atomic E-state index is 12.0. The van der Waals surface area contributed by atoms with Crippen LogP contribution in [-0.2, 0) is 27.3 Å². The first kappa shape index (κ1) is 16.0. The first-order valence-electron chi connectivity index (χ1n) is 7.12. The number of ether oxygens (including phenoxy) is 1. The van der Waals surface area contributed by atoms with Crippen molar-refractivity contribution < 1.29 is 19.4 Å². The van der Waals surface area contributed by atoms with E-state index < -0.39 is 11.6 Å². The predicted octanol–water partition coefficient (Wildman–Crippen LogP) is 2.40. The molecule has 0 unspecified atom stereocenters. The molecule has 0 aromatic carbocycles. The van der Waals surface area contributed by atoms with Crippen molar-refractivity contribution in [1.29, 1.82) is 0 Å². The third kappa shape index (κ3) is 4.07. The number of carboxylic acid groups (broad SMARTS) is 1. The lowest BCUT2D eigenvalue weighted by atomic mass is 10.1. The zero-order valence-corrected chi connectivity index (χ0v) is 13.0. The van der Waals surface area contributed by atoms with Crippen molar-refractivity contribution in [3.63, 3.8) is 0 Å². The van der Waals surface area contributed by atoms with Gasteiger partial charge in [-0.15, -0.1) is 0 Å². The molecular formula is C16H20N2O4. The Morgan fingerprint density at radius 1 is 1.36 bits per heavy atom. The molecule has 6 nitrogen and oxygen atoms in total. The molecule has 0 aliphatic carbocycles. The van der Waals surface area contributed by atoms with Crippen LogP contribution in [0.15, 0.2) is 24.5 Å². The summed E-state index contributed by atoms with van der Waals surface area (Å²) < 4.78 is 7.08. The molecule has 2 heterocycles. The van der Waals surface area contributed by atoms with Crippen molar-refractivity contribution in [2.75, 3.05) is 0 Å². The molecule has 1 N–H and O–H groups in total. The number of carbonyl (C=O) groups excluding carboxylic acids is 1. The fraction of sp³-hybridized carbons (Fsp3) is 0.438. The molecule has 0 bridgehead atoms. The van der Waals surface area contributed by atoms with E-state index in [1.807, 2.05) is 26.8 Å². The molecular weight excluding hydrogens is 284 g/mol. The standard InChI is InChI=1S/C16H20N2O4/c1-16(2,3)22-14(21)10-18-9-11(6-7-13(19)20)15-12(18)5-4-8-17-15/h4-5,8-9H,6-7,10H2,1-3H3,(H,19,20). The number of rotatable bonds is 5. The Morgan fingerprint density at radius 2 is 2.09 bits per heavy atom. The van der Waals surface area contributed by atoms with Gasteiger partial charge in [-0.25, -0.2) is 0 Å². The van der Waals surface area contributed by atoms with Gasteiger partial charge in [-0.05, 0) is 44.9 Å². The number of nitrogens with zero attached hydrogens (tertiary/aromatic N) is 2. The van der Waals surface area contributed by atoms with Crippen molar-refractivity contribution >= 4 is 23.0 Å². The lowest BCUT2D eigenvalue weighted by molar-refractivity contribution is -0.155. The van der Waals surface area contributed by atoms with E-state index in [1.54, 1.807) is 23.0 Å². The van der Waals surface area contributed by atoms with Crippen molar-refractivity contribution in [2.24, 2.45) is 0 Å². The largest absolute Gasteiger partial charge is 0.481 e. The minimum atomic E-state index is -0.857. The molecule has 0 aliphatic heterocycles. The van der Waals surface area contributed by atoms with Gasteiger partial charge < -0.3 is 14.4 Å². The molecule has 2 aromatic heterocycles. The number of esters is 1. The normalized spacial score (nSPS) is 11.6. The highest BCUT2D eigenvalue weighted by atomic mass is 16.6. The zero-order chi connectivity index (χ0) is 16.3. The second-order valence-corrected chi connectivity index (χ2v) is 6.13. The highest BCUT2D eigenvalue weighted by Crippen LogP contribution is 2.21. The smallest absolute Gasteiger partial charge is 0.326 e. The van der Waals surface area contributed by atoms with Gasteiger partial charge in [-0.1, -0.05) is 0 Å². The van der Waals surface area contributed by atoms with Crippen molar-refractivity contribution in [3.8, 4) is 0 Å². The summed E-state index contributed by atoms with van der Waals surface area (Å²) in [5.74, 6) is -1.19. The second-order valence-electron chi connectivity index (χ2n) is 6.13. The van der Waals surface area contributed by atoms with E-state index >= 15 is 0 Å². The average Bonchev–Trinajstić information content (AvgIpc) is 2.73. The Bertz CT molecular complexity index is 698. The summed E-state index contributed by atoms with van der Waals surface area (Å²) in [6.07, 6.45) is 3.85. The molecule has 0 aliphatic rings. The van der Waals surface area contributed by atoms with Gasteiger partial charge in [-0.2, -0.15) is 0 Å². The fourth-order valence-corrected chi connectivity index (χ4v) is 2.26. The molecule has 2 aromatic rings. The summed E-state index contributed by atoms with van der Waals surface area (Å²) in [4.78, 5) is 27.0. The van der Waals surface area contributed by atoms with Gasteiger partial charge in [0.05, 0.1) is 11.0 Å². The van der Waals surface area contributed by atoms with Crippen molar-refractivity contribution in [3.05, 3.63) is 30.1 Å². The summed E-state index contributed by atoms with van der Waals surface area (Å²) in [7, 11) is 0. The minimum Gasteiger partial charge on any atom is -0.481 e. The fourth-order valence-electron chi connectivity index (χ4n) is 2.26. The summed E-state index contributed by atoms with van der Waals surface area (Å²) in [6.45, 7) is 5.53. The van der Waals surface area contributed by atoms with Crippen LogP contribution >= 0.6 is 0 Å². The van der Waals surface area contributed by atoms with Crippen LogP contribution in [0.3, 0.4) is 0 Å². The van der Waals surface area contributed by atoms with Gasteiger partial charge in [0.2, 0.25) is 0 Å². The number of carbonyl (C=O) groups is 2. The Morgan fingerprint density at radius 3 is 2.73 bits per heavy atom. The van der Waals surface area contributed by atoms with Crippen LogP contribution in [0.5, 0.6) is 0 Å². The SMILES string of the molecule is CC(C)(C)OC(=O)Cn1cc(CCC(=O)O)c2ncccc21. The first-order valence-corrected chi connectivity index (χ1v) is 7.12. The molecule has 2 rings (SSSR count). The first-order chi connectivity index (χ1) is 10.3. The van der Waals surface area contributed by atoms with Gasteiger partial charge in [0.1, 0.15) is 12.1 Å². The number of carboxylic acids is 1. The number of hydrogen-bond donors (Lipinski definition) is 1. The average molecular weight is 304 g/mol. The number of aryl methyl sites for hydroxylation is 1. The molecule has 0 saturated carbocycles. The molecule has 0 fully saturated rings. The highest BCUT2D eigenvalue weighted by Gasteiger charge is 2.18. The Balaban J connectivity index is 2.26. The number of pyridine rings is 1. The Hall–Kier alpha value is -2.37. The molecule has 0 saturated heterocycles. The number of aromatic nitrogens is 2. The third-order valence-electron chi connectivity index (χ3n) is 3.04. The van der Waals surface area contributed by atoms with Crippen LogP contribution < -0.4 is 0 Å². The zero-order valence-electron chi connectivity index (χ0n) is 13.0. The Labute approximate surface area is 128 Å². The summed E-state index contributed by atoms with van der Waals surface area (Å²) >= 11 is 0.